The van der Waals surface area contributed by atoms with Gasteiger partial charge >= 0.3 is 0 Å². The fourth-order valence-electron chi connectivity index (χ4n) is 3.34. The molecule has 0 saturated carbocycles. The lowest BCUT2D eigenvalue weighted by Crippen LogP contribution is -2.27. The number of nitrogens with two attached hydrogens (primary N) is 1. The Bertz CT molecular complexity index is 728. The molecule has 134 valence electrons. The van der Waals surface area contributed by atoms with Gasteiger partial charge in [-0.15, -0.1) is 0 Å². The highest BCUT2D eigenvalue weighted by molar-refractivity contribution is 5.75. The Kier molecular flexibility index (Phi) is 5.43. The number of likely N-dealkylation sites (tertiary alicyclic amines) is 1. The number of rotatable bonds is 5. The first-order valence-corrected chi connectivity index (χ1v) is 8.69. The van der Waals surface area contributed by atoms with E-state index in [1.807, 2.05) is 4.68 Å². The Morgan fingerprint density at radius 3 is 2.76 bits per heavy atom. The van der Waals surface area contributed by atoms with Crippen molar-refractivity contribution in [1.82, 2.24) is 19.7 Å². The summed E-state index contributed by atoms with van der Waals surface area (Å²) in [5, 5.41) is 4.49. The Balaban J connectivity index is 1.92. The highest BCUT2D eigenvalue weighted by Gasteiger charge is 2.26. The van der Waals surface area contributed by atoms with Crippen LogP contribution in [0.2, 0.25) is 0 Å². The quantitative estimate of drug-likeness (QED) is 0.900. The molecule has 3 rings (SSSR count). The van der Waals surface area contributed by atoms with E-state index in [9.17, 15) is 9.18 Å². The zero-order chi connectivity index (χ0) is 17.8. The monoisotopic (exact) mass is 345 g/mol. The predicted molar refractivity (Wildman–Crippen MR) is 92.3 cm³/mol. The molecular formula is C18H24FN5O. The summed E-state index contributed by atoms with van der Waals surface area (Å²) in [6, 6.07) is 6.52. The second kappa shape index (κ2) is 7.74. The van der Waals surface area contributed by atoms with Gasteiger partial charge < -0.3 is 5.73 Å². The molecule has 1 atom stereocenters. The van der Waals surface area contributed by atoms with E-state index in [0.29, 0.717) is 12.4 Å². The van der Waals surface area contributed by atoms with Gasteiger partial charge in [0.2, 0.25) is 5.91 Å². The van der Waals surface area contributed by atoms with Crippen LogP contribution in [0.25, 0.3) is 0 Å². The van der Waals surface area contributed by atoms with Gasteiger partial charge in [-0.25, -0.2) is 14.1 Å². The minimum absolute atomic E-state index is 0.0276. The van der Waals surface area contributed by atoms with E-state index in [2.05, 4.69) is 22.0 Å². The van der Waals surface area contributed by atoms with Gasteiger partial charge in [-0.1, -0.05) is 25.0 Å². The van der Waals surface area contributed by atoms with Crippen molar-refractivity contribution < 1.29 is 9.18 Å². The van der Waals surface area contributed by atoms with Crippen LogP contribution in [0.15, 0.2) is 24.3 Å². The topological polar surface area (TPSA) is 77.0 Å². The smallest absolute Gasteiger partial charge is 0.225 e. The maximum atomic E-state index is 13.1. The van der Waals surface area contributed by atoms with Gasteiger partial charge in [-0.05, 0) is 44.1 Å². The minimum Gasteiger partial charge on any atom is -0.369 e. The summed E-state index contributed by atoms with van der Waals surface area (Å²) < 4.78 is 15.0. The van der Waals surface area contributed by atoms with Crippen LogP contribution >= 0.6 is 0 Å². The second-order valence-electron chi connectivity index (χ2n) is 6.66. The molecule has 0 unspecified atom stereocenters. The zero-order valence-electron chi connectivity index (χ0n) is 14.5. The Hall–Kier alpha value is -2.28. The lowest BCUT2D eigenvalue weighted by molar-refractivity contribution is -0.117. The molecular weight excluding hydrogens is 321 g/mol. The number of halogens is 1. The molecule has 1 aliphatic rings. The maximum absolute atomic E-state index is 13.1. The molecule has 0 radical (unpaired) electrons. The van der Waals surface area contributed by atoms with Gasteiger partial charge in [-0.3, -0.25) is 9.69 Å². The number of aromatic nitrogens is 3. The number of amides is 1. The first kappa shape index (κ1) is 17.5. The number of hydrogen-bond acceptors (Lipinski definition) is 4. The fraction of sp³-hybridized carbons (Fsp3) is 0.500. The van der Waals surface area contributed by atoms with Gasteiger partial charge in [0, 0.05) is 0 Å². The summed E-state index contributed by atoms with van der Waals surface area (Å²) in [5.74, 6) is 0.590. The predicted octanol–water partition coefficient (Wildman–Crippen LogP) is 2.04. The number of primary amides is 1. The van der Waals surface area contributed by atoms with Crippen molar-refractivity contribution in [1.29, 1.82) is 0 Å². The van der Waals surface area contributed by atoms with Crippen LogP contribution in [-0.2, 0) is 17.8 Å². The molecule has 1 amide bonds. The van der Waals surface area contributed by atoms with Gasteiger partial charge in [0.15, 0.2) is 5.82 Å². The zero-order valence-corrected chi connectivity index (χ0v) is 14.5. The molecule has 0 spiro atoms. The number of carbonyl (C=O) groups is 1. The third kappa shape index (κ3) is 4.42. The van der Waals surface area contributed by atoms with Crippen molar-refractivity contribution >= 4 is 5.91 Å². The first-order chi connectivity index (χ1) is 12.0. The van der Waals surface area contributed by atoms with Crippen LogP contribution in [0.3, 0.4) is 0 Å². The van der Waals surface area contributed by atoms with Crippen LogP contribution in [0, 0.1) is 5.82 Å². The third-order valence-electron chi connectivity index (χ3n) is 4.64. The van der Waals surface area contributed by atoms with E-state index >= 15 is 0 Å². The molecule has 25 heavy (non-hydrogen) atoms. The van der Waals surface area contributed by atoms with Crippen molar-refractivity contribution in [3.8, 4) is 0 Å². The molecule has 1 saturated heterocycles. The third-order valence-corrected chi connectivity index (χ3v) is 4.64. The summed E-state index contributed by atoms with van der Waals surface area (Å²) >= 11 is 0. The SMILES string of the molecule is CN1CCCCC[C@H]1c1nc(CC(N)=O)nn1Cc1ccc(F)cc1. The Labute approximate surface area is 146 Å². The van der Waals surface area contributed by atoms with E-state index in [0.717, 1.165) is 30.8 Å². The lowest BCUT2D eigenvalue weighted by Gasteiger charge is -2.25. The van der Waals surface area contributed by atoms with Crippen LogP contribution in [-0.4, -0.2) is 39.2 Å². The van der Waals surface area contributed by atoms with Crippen LogP contribution in [0.4, 0.5) is 4.39 Å². The van der Waals surface area contributed by atoms with Crippen molar-refractivity contribution in [3.63, 3.8) is 0 Å². The molecule has 2 aromatic rings. The molecule has 0 bridgehead atoms. The minimum atomic E-state index is -0.445. The van der Waals surface area contributed by atoms with E-state index in [4.69, 9.17) is 5.73 Å². The lowest BCUT2D eigenvalue weighted by atomic mass is 10.1. The van der Waals surface area contributed by atoms with Crippen LogP contribution < -0.4 is 5.73 Å². The number of carbonyl (C=O) groups excluding carboxylic acids is 1. The summed E-state index contributed by atoms with van der Waals surface area (Å²) in [7, 11) is 2.10. The molecule has 1 aromatic heterocycles. The molecule has 1 aliphatic heterocycles. The standard InChI is InChI=1S/C18H24FN5O/c1-23-10-4-2-3-5-15(23)18-21-17(11-16(20)25)22-24(18)12-13-6-8-14(19)9-7-13/h6-9,15H,2-5,10-12H2,1H3,(H2,20,25)/t15-/m0/s1. The average Bonchev–Trinajstić information content (AvgIpc) is 2.80. The fourth-order valence-corrected chi connectivity index (χ4v) is 3.34. The second-order valence-corrected chi connectivity index (χ2v) is 6.66. The molecule has 2 N–H and O–H groups in total. The Morgan fingerprint density at radius 2 is 2.04 bits per heavy atom. The normalized spacial score (nSPS) is 18.9. The number of hydrogen-bond donors (Lipinski definition) is 1. The van der Waals surface area contributed by atoms with Gasteiger partial charge in [0.1, 0.15) is 11.6 Å². The van der Waals surface area contributed by atoms with Crippen LogP contribution in [0.5, 0.6) is 0 Å². The van der Waals surface area contributed by atoms with Crippen molar-refractivity contribution in [3.05, 3.63) is 47.3 Å². The highest BCUT2D eigenvalue weighted by Crippen LogP contribution is 2.28. The summed E-state index contributed by atoms with van der Waals surface area (Å²) in [5.41, 5.74) is 6.24. The maximum Gasteiger partial charge on any atom is 0.225 e. The molecule has 1 fully saturated rings. The summed E-state index contributed by atoms with van der Waals surface area (Å²) in [6.07, 6.45) is 4.56. The van der Waals surface area contributed by atoms with E-state index in [1.54, 1.807) is 12.1 Å². The van der Waals surface area contributed by atoms with E-state index in [-0.39, 0.29) is 18.3 Å². The molecule has 1 aromatic carbocycles. The van der Waals surface area contributed by atoms with Gasteiger partial charge in [0.05, 0.1) is 19.0 Å². The van der Waals surface area contributed by atoms with E-state index in [1.165, 1.54) is 25.0 Å². The Morgan fingerprint density at radius 1 is 1.28 bits per heavy atom. The molecule has 2 heterocycles. The largest absolute Gasteiger partial charge is 0.369 e. The van der Waals surface area contributed by atoms with Crippen molar-refractivity contribution in [2.45, 2.75) is 44.7 Å². The van der Waals surface area contributed by atoms with Crippen molar-refractivity contribution in [2.75, 3.05) is 13.6 Å². The highest BCUT2D eigenvalue weighted by atomic mass is 19.1. The summed E-state index contributed by atoms with van der Waals surface area (Å²) in [4.78, 5) is 18.2. The number of nitrogens with zero attached hydrogens (tertiary/aromatic N) is 4. The van der Waals surface area contributed by atoms with Gasteiger partial charge in [0.25, 0.3) is 0 Å². The number of benzene rings is 1. The average molecular weight is 345 g/mol. The van der Waals surface area contributed by atoms with Gasteiger partial charge in [-0.2, -0.15) is 5.10 Å². The summed E-state index contributed by atoms with van der Waals surface area (Å²) in [6.45, 7) is 1.50. The van der Waals surface area contributed by atoms with E-state index < -0.39 is 5.91 Å². The molecule has 0 aliphatic carbocycles. The molecule has 6 nitrogen and oxygen atoms in total. The first-order valence-electron chi connectivity index (χ1n) is 8.69. The van der Waals surface area contributed by atoms with Crippen molar-refractivity contribution in [2.24, 2.45) is 5.73 Å². The molecule has 7 heteroatoms. The van der Waals surface area contributed by atoms with Crippen LogP contribution in [0.1, 0.15) is 48.9 Å².